The molecular weight excluding hydrogens is 393 g/mol. The maximum atomic E-state index is 5.56. The third-order valence-corrected chi connectivity index (χ3v) is 3.71. The number of nitrogens with one attached hydrogen (secondary N) is 1. The third-order valence-electron chi connectivity index (χ3n) is 3.71. The standard InChI is InChI=1S/C16H33N3O2.HI/c1-4-5-10-20-12-13-21-11-8-18-16(17-3)19-9-6-7-15(2)14-19;/h15H,4-14H2,1-3H3,(H,17,18);1H. The molecule has 1 rings (SSSR count). The molecule has 0 aromatic rings. The van der Waals surface area contributed by atoms with Gasteiger partial charge in [0, 0.05) is 33.3 Å². The van der Waals surface area contributed by atoms with Gasteiger partial charge in [-0.25, -0.2) is 0 Å². The van der Waals surface area contributed by atoms with Gasteiger partial charge < -0.3 is 19.7 Å². The molecule has 5 nitrogen and oxygen atoms in total. The van der Waals surface area contributed by atoms with Crippen molar-refractivity contribution >= 4 is 29.9 Å². The molecule has 1 aliphatic rings. The Bertz CT molecular complexity index is 291. The number of unbranched alkanes of at least 4 members (excludes halogenated alkanes) is 1. The van der Waals surface area contributed by atoms with Gasteiger partial charge in [0.2, 0.25) is 0 Å². The number of piperidine rings is 1. The second-order valence-electron chi connectivity index (χ2n) is 5.75. The Labute approximate surface area is 153 Å². The molecule has 1 unspecified atom stereocenters. The van der Waals surface area contributed by atoms with Crippen molar-refractivity contribution in [2.45, 2.75) is 39.5 Å². The van der Waals surface area contributed by atoms with Crippen LogP contribution in [0.3, 0.4) is 0 Å². The monoisotopic (exact) mass is 427 g/mol. The Hall–Kier alpha value is -0.0800. The predicted octanol–water partition coefficient (Wildman–Crippen LogP) is 2.75. The molecule has 1 N–H and O–H groups in total. The molecule has 1 aliphatic heterocycles. The number of hydrogen-bond donors (Lipinski definition) is 1. The molecule has 1 saturated heterocycles. The van der Waals surface area contributed by atoms with E-state index in [9.17, 15) is 0 Å². The second kappa shape index (κ2) is 14.5. The topological polar surface area (TPSA) is 46.1 Å². The van der Waals surface area contributed by atoms with E-state index in [2.05, 4.69) is 29.1 Å². The van der Waals surface area contributed by atoms with E-state index in [1.165, 1.54) is 19.3 Å². The van der Waals surface area contributed by atoms with E-state index >= 15 is 0 Å². The summed E-state index contributed by atoms with van der Waals surface area (Å²) in [6.45, 7) is 10.4. The van der Waals surface area contributed by atoms with Crippen LogP contribution in [-0.4, -0.2) is 64.0 Å². The maximum Gasteiger partial charge on any atom is 0.193 e. The highest BCUT2D eigenvalue weighted by atomic mass is 127. The molecular formula is C16H34IN3O2. The molecule has 0 amide bonds. The highest BCUT2D eigenvalue weighted by Crippen LogP contribution is 2.15. The fourth-order valence-electron chi connectivity index (χ4n) is 2.52. The summed E-state index contributed by atoms with van der Waals surface area (Å²) in [6.07, 6.45) is 4.90. The minimum Gasteiger partial charge on any atom is -0.379 e. The lowest BCUT2D eigenvalue weighted by atomic mass is 10.0. The summed E-state index contributed by atoms with van der Waals surface area (Å²) in [4.78, 5) is 6.71. The molecule has 1 fully saturated rings. The van der Waals surface area contributed by atoms with E-state index in [1.807, 2.05) is 7.05 Å². The van der Waals surface area contributed by atoms with Crippen LogP contribution in [0, 0.1) is 5.92 Å². The van der Waals surface area contributed by atoms with Crippen molar-refractivity contribution in [3.63, 3.8) is 0 Å². The molecule has 0 bridgehead atoms. The molecule has 6 heteroatoms. The lowest BCUT2D eigenvalue weighted by Gasteiger charge is -2.33. The Morgan fingerprint density at radius 3 is 2.59 bits per heavy atom. The summed E-state index contributed by atoms with van der Waals surface area (Å²) in [6, 6.07) is 0. The first kappa shape index (κ1) is 21.9. The van der Waals surface area contributed by atoms with Crippen molar-refractivity contribution in [3.8, 4) is 0 Å². The van der Waals surface area contributed by atoms with Crippen LogP contribution in [0.2, 0.25) is 0 Å². The van der Waals surface area contributed by atoms with Gasteiger partial charge in [0.15, 0.2) is 5.96 Å². The lowest BCUT2D eigenvalue weighted by Crippen LogP contribution is -2.47. The van der Waals surface area contributed by atoms with Crippen LogP contribution in [-0.2, 0) is 9.47 Å². The number of halogens is 1. The number of aliphatic imine (C=N–C) groups is 1. The van der Waals surface area contributed by atoms with Crippen LogP contribution < -0.4 is 5.32 Å². The third kappa shape index (κ3) is 9.84. The van der Waals surface area contributed by atoms with E-state index in [0.29, 0.717) is 19.8 Å². The van der Waals surface area contributed by atoms with Crippen LogP contribution in [0.5, 0.6) is 0 Å². The van der Waals surface area contributed by atoms with Crippen LogP contribution in [0.15, 0.2) is 4.99 Å². The zero-order valence-electron chi connectivity index (χ0n) is 14.5. The smallest absolute Gasteiger partial charge is 0.193 e. The first-order chi connectivity index (χ1) is 10.3. The largest absolute Gasteiger partial charge is 0.379 e. The highest BCUT2D eigenvalue weighted by Gasteiger charge is 2.18. The number of nitrogens with zero attached hydrogens (tertiary/aromatic N) is 2. The van der Waals surface area contributed by atoms with Gasteiger partial charge in [0.1, 0.15) is 0 Å². The van der Waals surface area contributed by atoms with Gasteiger partial charge in [-0.3, -0.25) is 4.99 Å². The van der Waals surface area contributed by atoms with Gasteiger partial charge in [-0.05, 0) is 25.2 Å². The molecule has 0 aromatic carbocycles. The van der Waals surface area contributed by atoms with E-state index in [4.69, 9.17) is 9.47 Å². The van der Waals surface area contributed by atoms with Crippen molar-refractivity contribution in [3.05, 3.63) is 0 Å². The fraction of sp³-hybridized carbons (Fsp3) is 0.938. The average molecular weight is 427 g/mol. The number of hydrogen-bond acceptors (Lipinski definition) is 3. The van der Waals surface area contributed by atoms with Crippen LogP contribution in [0.25, 0.3) is 0 Å². The number of ether oxygens (including phenoxy) is 2. The SMILES string of the molecule is CCCCOCCOCCNC(=NC)N1CCCC(C)C1.I. The van der Waals surface area contributed by atoms with Crippen molar-refractivity contribution < 1.29 is 9.47 Å². The van der Waals surface area contributed by atoms with Gasteiger partial charge >= 0.3 is 0 Å². The molecule has 132 valence electrons. The zero-order chi connectivity index (χ0) is 15.3. The van der Waals surface area contributed by atoms with Crippen molar-refractivity contribution in [1.29, 1.82) is 0 Å². The first-order valence-corrected chi connectivity index (χ1v) is 8.39. The van der Waals surface area contributed by atoms with Crippen LogP contribution in [0.4, 0.5) is 0 Å². The Kier molecular flexibility index (Phi) is 14.5. The van der Waals surface area contributed by atoms with Crippen LogP contribution in [0.1, 0.15) is 39.5 Å². The summed E-state index contributed by atoms with van der Waals surface area (Å²) in [5.41, 5.74) is 0. The Morgan fingerprint density at radius 2 is 1.95 bits per heavy atom. The highest BCUT2D eigenvalue weighted by molar-refractivity contribution is 14.0. The summed E-state index contributed by atoms with van der Waals surface area (Å²) in [5, 5.41) is 3.38. The van der Waals surface area contributed by atoms with E-state index in [-0.39, 0.29) is 24.0 Å². The molecule has 0 aromatic heterocycles. The van der Waals surface area contributed by atoms with Crippen molar-refractivity contribution in [2.75, 3.05) is 53.1 Å². The number of rotatable bonds is 9. The molecule has 0 saturated carbocycles. The zero-order valence-corrected chi connectivity index (χ0v) is 16.8. The Balaban J connectivity index is 0.00000441. The van der Waals surface area contributed by atoms with Gasteiger partial charge in [0.05, 0.1) is 19.8 Å². The quantitative estimate of drug-likeness (QED) is 0.266. The Morgan fingerprint density at radius 1 is 1.23 bits per heavy atom. The van der Waals surface area contributed by atoms with Crippen LogP contribution >= 0.6 is 24.0 Å². The molecule has 0 radical (unpaired) electrons. The van der Waals surface area contributed by atoms with Gasteiger partial charge in [-0.2, -0.15) is 0 Å². The van der Waals surface area contributed by atoms with Gasteiger partial charge in [-0.15, -0.1) is 24.0 Å². The number of likely N-dealkylation sites (tertiary alicyclic amines) is 1. The summed E-state index contributed by atoms with van der Waals surface area (Å²) < 4.78 is 11.0. The van der Waals surface area contributed by atoms with E-state index < -0.39 is 0 Å². The molecule has 22 heavy (non-hydrogen) atoms. The summed E-state index contributed by atoms with van der Waals surface area (Å²) in [7, 11) is 1.85. The summed E-state index contributed by atoms with van der Waals surface area (Å²) in [5.74, 6) is 1.76. The fourth-order valence-corrected chi connectivity index (χ4v) is 2.52. The predicted molar refractivity (Wildman–Crippen MR) is 103 cm³/mol. The minimum atomic E-state index is 0. The number of guanidine groups is 1. The van der Waals surface area contributed by atoms with E-state index in [1.54, 1.807) is 0 Å². The normalized spacial score (nSPS) is 19.0. The summed E-state index contributed by atoms with van der Waals surface area (Å²) >= 11 is 0. The first-order valence-electron chi connectivity index (χ1n) is 8.39. The average Bonchev–Trinajstić information content (AvgIpc) is 2.49. The molecule has 1 heterocycles. The van der Waals surface area contributed by atoms with Gasteiger partial charge in [-0.1, -0.05) is 20.3 Å². The van der Waals surface area contributed by atoms with E-state index in [0.717, 1.165) is 44.5 Å². The second-order valence-corrected chi connectivity index (χ2v) is 5.75. The maximum absolute atomic E-state index is 5.56. The molecule has 0 spiro atoms. The van der Waals surface area contributed by atoms with Gasteiger partial charge in [0.25, 0.3) is 0 Å². The van der Waals surface area contributed by atoms with Crippen molar-refractivity contribution in [2.24, 2.45) is 10.9 Å². The lowest BCUT2D eigenvalue weighted by molar-refractivity contribution is 0.0485. The minimum absolute atomic E-state index is 0. The molecule has 1 atom stereocenters. The molecule has 0 aliphatic carbocycles. The van der Waals surface area contributed by atoms with Crippen molar-refractivity contribution in [1.82, 2.24) is 10.2 Å².